The molecule has 0 spiro atoms. The standard InChI is InChI=1S/C12H30O35P8/c13-48(14,15)37-1-4-6(43-51(22,23)24)8(45-53(28,29)30)9(46-54(31,32)33)11(40-4)42-12(3-39-50(19,20)21)10(47-55(34,35)36)7(44-52(25,26)27)5(41-12)2-38-49(16,17)18/h4-11H,1-3H2,(H2,13,14,15)(H2,16,17,18)(H2,19,20,21)(H2,22,23,24)(H2,25,26,27)(H2,28,29,30)(H2,31,32,33)(H2,34,35,36)/p-3/t4?,5?,6-,7?,8+,9?,10?,11+,12?/m1/s1. The molecule has 328 valence electrons. The molecule has 13 N–H and O–H groups in total. The molecule has 2 fully saturated rings. The van der Waals surface area contributed by atoms with Crippen LogP contribution in [0.5, 0.6) is 0 Å². The third-order valence-electron chi connectivity index (χ3n) is 5.88. The highest BCUT2D eigenvalue weighted by atomic mass is 31.2. The summed E-state index contributed by atoms with van der Waals surface area (Å²) in [5.74, 6) is -3.98. The van der Waals surface area contributed by atoms with Crippen LogP contribution >= 0.6 is 62.6 Å². The molecule has 2 heterocycles. The maximum atomic E-state index is 12.1. The topological polar surface area (TPSA) is 570 Å². The van der Waals surface area contributed by atoms with Crippen LogP contribution in [0.4, 0.5) is 0 Å². The SMILES string of the molecule is O=P([O-])(O)OCC1O[C@@H](OC2(COP(=O)([O-])O)OC(COP(=O)(O)O)C(OP(=O)([O-])O)C2OP(=O)(O)O)C(OP(=O)(O)O)[C@@H](OP(=O)(O)O)[C@@H]1OP(=O)(O)O. The van der Waals surface area contributed by atoms with E-state index in [-0.39, 0.29) is 0 Å². The van der Waals surface area contributed by atoms with Crippen molar-refractivity contribution in [2.75, 3.05) is 19.8 Å². The first kappa shape index (κ1) is 51.9. The van der Waals surface area contributed by atoms with Crippen LogP contribution in [0.1, 0.15) is 0 Å². The van der Waals surface area contributed by atoms with Crippen molar-refractivity contribution >= 4 is 62.6 Å². The maximum Gasteiger partial charge on any atom is 0.470 e. The van der Waals surface area contributed by atoms with Crippen molar-refractivity contribution in [1.29, 1.82) is 0 Å². The summed E-state index contributed by atoms with van der Waals surface area (Å²) < 4.78 is 143. The average Bonchev–Trinajstić information content (AvgIpc) is 3.15. The summed E-state index contributed by atoms with van der Waals surface area (Å²) in [5.41, 5.74) is 0. The third-order valence-corrected chi connectivity index (χ3v) is 9.86. The van der Waals surface area contributed by atoms with Crippen molar-refractivity contribution in [3.8, 4) is 0 Å². The van der Waals surface area contributed by atoms with Crippen molar-refractivity contribution in [2.45, 2.75) is 54.8 Å². The minimum atomic E-state index is -6.33. The summed E-state index contributed by atoms with van der Waals surface area (Å²) in [5, 5.41) is 0. The van der Waals surface area contributed by atoms with Gasteiger partial charge in [-0.3, -0.25) is 36.3 Å². The summed E-state index contributed by atoms with van der Waals surface area (Å²) in [6, 6.07) is 0. The lowest BCUT2D eigenvalue weighted by molar-refractivity contribution is -0.379. The van der Waals surface area contributed by atoms with Crippen molar-refractivity contribution in [3.63, 3.8) is 0 Å². The summed E-state index contributed by atoms with van der Waals surface area (Å²) >= 11 is 0. The lowest BCUT2D eigenvalue weighted by Crippen LogP contribution is -2.64. The molecule has 0 amide bonds. The number of phosphoric ester groups is 8. The highest BCUT2D eigenvalue weighted by molar-refractivity contribution is 7.47. The molecule has 0 aromatic rings. The van der Waals surface area contributed by atoms with E-state index in [1.807, 2.05) is 0 Å². The molecule has 9 unspecified atom stereocenters. The van der Waals surface area contributed by atoms with E-state index in [9.17, 15) is 100 Å². The lowest BCUT2D eigenvalue weighted by Gasteiger charge is -2.47. The van der Waals surface area contributed by atoms with Crippen LogP contribution in [-0.4, -0.2) is 138 Å². The molecule has 0 saturated carbocycles. The third kappa shape index (κ3) is 19.3. The largest absolute Gasteiger partial charge is 0.756 e. The summed E-state index contributed by atoms with van der Waals surface area (Å²) in [4.78, 5) is 157. The first-order valence-electron chi connectivity index (χ1n) is 12.9. The fourth-order valence-electron chi connectivity index (χ4n) is 4.42. The minimum absolute atomic E-state index is 1.78. The molecule has 2 aliphatic heterocycles. The zero-order chi connectivity index (χ0) is 43.0. The van der Waals surface area contributed by atoms with Crippen LogP contribution < -0.4 is 14.7 Å². The Morgan fingerprint density at radius 3 is 1.33 bits per heavy atom. The van der Waals surface area contributed by atoms with E-state index < -0.39 is 137 Å². The quantitative estimate of drug-likeness (QED) is 0.0476. The van der Waals surface area contributed by atoms with Gasteiger partial charge in [0.15, 0.2) is 12.4 Å². The molecular formula is C12H27O35P8-3. The Balaban J connectivity index is 3.02. The number of hydrogen-bond acceptors (Lipinski definition) is 22. The highest BCUT2D eigenvalue weighted by Crippen LogP contribution is 2.55. The van der Waals surface area contributed by atoms with Gasteiger partial charge in [0.1, 0.15) is 43.2 Å². The van der Waals surface area contributed by atoms with Crippen LogP contribution in [0.3, 0.4) is 0 Å². The molecule has 0 aliphatic carbocycles. The van der Waals surface area contributed by atoms with E-state index in [4.69, 9.17) is 28.9 Å². The molecule has 35 nitrogen and oxygen atoms in total. The van der Waals surface area contributed by atoms with Gasteiger partial charge in [-0.05, 0) is 0 Å². The van der Waals surface area contributed by atoms with Gasteiger partial charge < -0.3 is 106 Å². The average molecular weight is 979 g/mol. The van der Waals surface area contributed by atoms with Crippen LogP contribution in [0.2, 0.25) is 0 Å². The van der Waals surface area contributed by atoms with E-state index in [0.717, 1.165) is 0 Å². The Labute approximate surface area is 302 Å². The number of ether oxygens (including phenoxy) is 3. The smallest absolute Gasteiger partial charge is 0.470 e. The van der Waals surface area contributed by atoms with Gasteiger partial charge in [0.25, 0.3) is 23.5 Å². The van der Waals surface area contributed by atoms with E-state index >= 15 is 0 Å². The summed E-state index contributed by atoms with van der Waals surface area (Å²) in [6.45, 7) is -5.89. The zero-order valence-corrected chi connectivity index (χ0v) is 32.8. The Morgan fingerprint density at radius 2 is 0.909 bits per heavy atom. The predicted octanol–water partition coefficient (Wildman–Crippen LogP) is -6.36. The van der Waals surface area contributed by atoms with Crippen molar-refractivity contribution in [2.24, 2.45) is 0 Å². The van der Waals surface area contributed by atoms with Crippen LogP contribution in [-0.2, 0) is 86.9 Å². The van der Waals surface area contributed by atoms with Gasteiger partial charge in [-0.2, -0.15) is 0 Å². The van der Waals surface area contributed by atoms with E-state index in [1.165, 1.54) is 0 Å². The molecular weight excluding hydrogens is 952 g/mol. The number of phosphoric acid groups is 8. The predicted molar refractivity (Wildman–Crippen MR) is 149 cm³/mol. The molecule has 43 heteroatoms. The van der Waals surface area contributed by atoms with Crippen LogP contribution in [0, 0.1) is 0 Å². The Bertz CT molecular complexity index is 1700. The Hall–Kier alpha value is 0.760. The second-order valence-corrected chi connectivity index (χ2v) is 19.7. The molecule has 2 rings (SSSR count). The first-order valence-corrected chi connectivity index (χ1v) is 25.1. The van der Waals surface area contributed by atoms with E-state index in [1.54, 1.807) is 0 Å². The highest BCUT2D eigenvalue weighted by Gasteiger charge is 2.65. The Kier molecular flexibility index (Phi) is 17.4. The van der Waals surface area contributed by atoms with Gasteiger partial charge in [-0.1, -0.05) is 0 Å². The monoisotopic (exact) mass is 979 g/mol. The maximum absolute atomic E-state index is 12.1. The molecule has 0 aromatic heterocycles. The van der Waals surface area contributed by atoms with Gasteiger partial charge in [-0.25, -0.2) is 22.8 Å². The molecule has 0 aromatic carbocycles. The second-order valence-electron chi connectivity index (χ2n) is 10.2. The van der Waals surface area contributed by atoms with Gasteiger partial charge in [0.2, 0.25) is 5.79 Å². The van der Waals surface area contributed by atoms with Crippen LogP contribution in [0.15, 0.2) is 0 Å². The van der Waals surface area contributed by atoms with E-state index in [2.05, 4.69) is 36.2 Å². The molecule has 0 radical (unpaired) electrons. The van der Waals surface area contributed by atoms with Gasteiger partial charge in [0.05, 0.1) is 13.2 Å². The normalized spacial score (nSPS) is 33.5. The number of hydrogen-bond donors (Lipinski definition) is 13. The molecule has 2 aliphatic rings. The van der Waals surface area contributed by atoms with E-state index in [0.29, 0.717) is 0 Å². The van der Waals surface area contributed by atoms with Gasteiger partial charge in [-0.15, -0.1) is 0 Å². The molecule has 2 saturated heterocycles. The second kappa shape index (κ2) is 18.4. The lowest BCUT2D eigenvalue weighted by atomic mass is 9.99. The van der Waals surface area contributed by atoms with Crippen LogP contribution in [0.25, 0.3) is 0 Å². The van der Waals surface area contributed by atoms with Crippen molar-refractivity contribution < 1.29 is 165 Å². The molecule has 55 heavy (non-hydrogen) atoms. The fraction of sp³-hybridized carbons (Fsp3) is 1.00. The summed E-state index contributed by atoms with van der Waals surface area (Å²) in [6.07, 6.45) is -24.8. The minimum Gasteiger partial charge on any atom is -0.756 e. The summed E-state index contributed by atoms with van der Waals surface area (Å²) in [7, 11) is -49.1. The Morgan fingerprint density at radius 1 is 0.473 bits per heavy atom. The van der Waals surface area contributed by atoms with Gasteiger partial charge in [0, 0.05) is 0 Å². The fourth-order valence-corrected chi connectivity index (χ4v) is 8.24. The van der Waals surface area contributed by atoms with Crippen molar-refractivity contribution in [3.05, 3.63) is 0 Å². The van der Waals surface area contributed by atoms with Crippen molar-refractivity contribution in [1.82, 2.24) is 0 Å². The molecule has 12 atom stereocenters. The number of rotatable bonds is 21. The first-order chi connectivity index (χ1) is 24.2. The molecule has 0 bridgehead atoms. The van der Waals surface area contributed by atoms with Gasteiger partial charge >= 0.3 is 39.1 Å². The zero-order valence-electron chi connectivity index (χ0n) is 25.6.